The maximum absolute atomic E-state index is 11.1. The summed E-state index contributed by atoms with van der Waals surface area (Å²) in [4.78, 5) is 11.1. The zero-order valence-corrected chi connectivity index (χ0v) is 21.8. The van der Waals surface area contributed by atoms with Crippen molar-refractivity contribution in [3.63, 3.8) is 0 Å². The van der Waals surface area contributed by atoms with Crippen molar-refractivity contribution in [1.29, 1.82) is 0 Å². The molecule has 0 spiro atoms. The zero-order chi connectivity index (χ0) is 24.4. The number of unbranched alkanes of at least 4 members (excludes halogenated alkanes) is 12. The van der Waals surface area contributed by atoms with E-state index in [1.54, 1.807) is 0 Å². The first-order valence-corrected chi connectivity index (χ1v) is 13.6. The number of ether oxygens (including phenoxy) is 2. The molecule has 0 amide bonds. The van der Waals surface area contributed by atoms with Crippen LogP contribution in [0.2, 0.25) is 0 Å². The minimum Gasteiger partial charge on any atom is -0.494 e. The molecule has 0 fully saturated rings. The van der Waals surface area contributed by atoms with Crippen LogP contribution in [-0.4, -0.2) is 12.6 Å². The SMILES string of the molecule is CCCCCCCCCCCCCCCOc1ccc(-c2ccc(C(C)OC(C)=O)cc2)cc1. The normalized spacial score (nSPS) is 11.9. The van der Waals surface area contributed by atoms with Gasteiger partial charge in [0.1, 0.15) is 11.9 Å². The molecule has 34 heavy (non-hydrogen) atoms. The van der Waals surface area contributed by atoms with Gasteiger partial charge in [-0.15, -0.1) is 0 Å². The van der Waals surface area contributed by atoms with Gasteiger partial charge in [0, 0.05) is 6.92 Å². The fraction of sp³-hybridized carbons (Fsp3) is 0.581. The van der Waals surface area contributed by atoms with Crippen LogP contribution in [0.4, 0.5) is 0 Å². The Bertz CT molecular complexity index is 779. The van der Waals surface area contributed by atoms with Crippen LogP contribution >= 0.6 is 0 Å². The molecule has 0 bridgehead atoms. The molecule has 2 aromatic carbocycles. The van der Waals surface area contributed by atoms with Gasteiger partial charge in [-0.3, -0.25) is 4.79 Å². The lowest BCUT2D eigenvalue weighted by molar-refractivity contribution is -0.145. The van der Waals surface area contributed by atoms with E-state index in [4.69, 9.17) is 9.47 Å². The molecule has 0 aromatic heterocycles. The van der Waals surface area contributed by atoms with Crippen molar-refractivity contribution in [2.45, 2.75) is 110 Å². The van der Waals surface area contributed by atoms with Crippen LogP contribution < -0.4 is 4.74 Å². The summed E-state index contributed by atoms with van der Waals surface area (Å²) in [5.74, 6) is 0.675. The maximum atomic E-state index is 11.1. The lowest BCUT2D eigenvalue weighted by Crippen LogP contribution is -2.04. The Morgan fingerprint density at radius 2 is 1.12 bits per heavy atom. The van der Waals surface area contributed by atoms with Crippen molar-refractivity contribution in [3.8, 4) is 16.9 Å². The highest BCUT2D eigenvalue weighted by Gasteiger charge is 2.08. The number of carbonyl (C=O) groups is 1. The van der Waals surface area contributed by atoms with Gasteiger partial charge in [-0.2, -0.15) is 0 Å². The maximum Gasteiger partial charge on any atom is 0.303 e. The second-order valence-electron chi connectivity index (χ2n) is 9.49. The van der Waals surface area contributed by atoms with E-state index in [0.717, 1.165) is 35.5 Å². The van der Waals surface area contributed by atoms with E-state index in [-0.39, 0.29) is 12.1 Å². The molecule has 0 radical (unpaired) electrons. The third kappa shape index (κ3) is 11.7. The molecule has 0 aliphatic rings. The van der Waals surface area contributed by atoms with Crippen molar-refractivity contribution >= 4 is 5.97 Å². The van der Waals surface area contributed by atoms with E-state index < -0.39 is 0 Å². The highest BCUT2D eigenvalue weighted by atomic mass is 16.5. The smallest absolute Gasteiger partial charge is 0.303 e. The molecule has 188 valence electrons. The first-order valence-electron chi connectivity index (χ1n) is 13.6. The highest BCUT2D eigenvalue weighted by molar-refractivity contribution is 5.67. The Morgan fingerprint density at radius 3 is 1.59 bits per heavy atom. The Balaban J connectivity index is 1.54. The van der Waals surface area contributed by atoms with Crippen molar-refractivity contribution in [2.24, 2.45) is 0 Å². The van der Waals surface area contributed by atoms with Crippen molar-refractivity contribution in [1.82, 2.24) is 0 Å². The molecule has 0 saturated carbocycles. The van der Waals surface area contributed by atoms with Gasteiger partial charge in [0.15, 0.2) is 0 Å². The molecule has 0 aliphatic carbocycles. The molecule has 0 heterocycles. The van der Waals surface area contributed by atoms with Crippen LogP contribution in [0.5, 0.6) is 5.75 Å². The Kier molecular flexibility index (Phi) is 14.1. The van der Waals surface area contributed by atoms with Crippen LogP contribution in [0.25, 0.3) is 11.1 Å². The lowest BCUT2D eigenvalue weighted by atomic mass is 10.0. The summed E-state index contributed by atoms with van der Waals surface area (Å²) in [6.07, 6.45) is 17.5. The highest BCUT2D eigenvalue weighted by Crippen LogP contribution is 2.25. The fourth-order valence-corrected chi connectivity index (χ4v) is 4.32. The van der Waals surface area contributed by atoms with Gasteiger partial charge in [0.25, 0.3) is 0 Å². The standard InChI is InChI=1S/C31H46O3/c1-4-5-6-7-8-9-10-11-12-13-14-15-16-25-33-31-23-21-30(22-24-31)29-19-17-28(18-20-29)26(2)34-27(3)32/h17-24,26H,4-16,25H2,1-3H3. The number of benzene rings is 2. The van der Waals surface area contributed by atoms with Gasteiger partial charge < -0.3 is 9.47 Å². The summed E-state index contributed by atoms with van der Waals surface area (Å²) >= 11 is 0. The fourth-order valence-electron chi connectivity index (χ4n) is 4.32. The molecule has 1 unspecified atom stereocenters. The summed E-state index contributed by atoms with van der Waals surface area (Å²) in [5.41, 5.74) is 3.29. The summed E-state index contributed by atoms with van der Waals surface area (Å²) in [5, 5.41) is 0. The number of hydrogen-bond acceptors (Lipinski definition) is 3. The molecule has 3 heteroatoms. The Labute approximate surface area is 208 Å². The minimum atomic E-state index is -0.258. The van der Waals surface area contributed by atoms with Gasteiger partial charge in [-0.1, -0.05) is 120 Å². The van der Waals surface area contributed by atoms with Crippen molar-refractivity contribution in [2.75, 3.05) is 6.61 Å². The zero-order valence-electron chi connectivity index (χ0n) is 21.8. The van der Waals surface area contributed by atoms with E-state index in [2.05, 4.69) is 31.2 Å². The molecule has 1 atom stereocenters. The number of carbonyl (C=O) groups excluding carboxylic acids is 1. The predicted octanol–water partition coefficient (Wildman–Crippen LogP) is 9.45. The van der Waals surface area contributed by atoms with Gasteiger partial charge >= 0.3 is 5.97 Å². The second kappa shape index (κ2) is 17.2. The van der Waals surface area contributed by atoms with E-state index >= 15 is 0 Å². The van der Waals surface area contributed by atoms with Crippen LogP contribution in [0, 0.1) is 0 Å². The molecular weight excluding hydrogens is 420 g/mol. The van der Waals surface area contributed by atoms with Gasteiger partial charge in [-0.25, -0.2) is 0 Å². The third-order valence-electron chi connectivity index (χ3n) is 6.43. The van der Waals surface area contributed by atoms with Crippen LogP contribution in [0.15, 0.2) is 48.5 Å². The van der Waals surface area contributed by atoms with Gasteiger partial charge in [-0.05, 0) is 42.2 Å². The second-order valence-corrected chi connectivity index (χ2v) is 9.49. The van der Waals surface area contributed by atoms with Gasteiger partial charge in [0.05, 0.1) is 6.61 Å². The van der Waals surface area contributed by atoms with E-state index in [1.807, 2.05) is 31.2 Å². The third-order valence-corrected chi connectivity index (χ3v) is 6.43. The summed E-state index contributed by atoms with van der Waals surface area (Å²) in [6, 6.07) is 16.5. The van der Waals surface area contributed by atoms with Crippen LogP contribution in [-0.2, 0) is 9.53 Å². The molecule has 2 rings (SSSR count). The molecule has 2 aromatic rings. The lowest BCUT2D eigenvalue weighted by Gasteiger charge is -2.13. The summed E-state index contributed by atoms with van der Waals surface area (Å²) in [7, 11) is 0. The molecule has 0 aliphatic heterocycles. The van der Waals surface area contributed by atoms with Crippen molar-refractivity contribution in [3.05, 3.63) is 54.1 Å². The molecule has 0 N–H and O–H groups in total. The molecule has 3 nitrogen and oxygen atoms in total. The topological polar surface area (TPSA) is 35.5 Å². The van der Waals surface area contributed by atoms with Crippen molar-refractivity contribution < 1.29 is 14.3 Å². The first kappa shape index (κ1) is 28.0. The average molecular weight is 467 g/mol. The Hall–Kier alpha value is -2.29. The van der Waals surface area contributed by atoms with Crippen LogP contribution in [0.3, 0.4) is 0 Å². The average Bonchev–Trinajstić information content (AvgIpc) is 2.84. The van der Waals surface area contributed by atoms with E-state index in [9.17, 15) is 4.79 Å². The monoisotopic (exact) mass is 466 g/mol. The largest absolute Gasteiger partial charge is 0.494 e. The Morgan fingerprint density at radius 1 is 0.676 bits per heavy atom. The summed E-state index contributed by atoms with van der Waals surface area (Å²) in [6.45, 7) is 6.40. The van der Waals surface area contributed by atoms with Crippen LogP contribution in [0.1, 0.15) is 116 Å². The predicted molar refractivity (Wildman–Crippen MR) is 143 cm³/mol. The van der Waals surface area contributed by atoms with E-state index in [0.29, 0.717) is 0 Å². The number of rotatable bonds is 18. The number of hydrogen-bond donors (Lipinski definition) is 0. The van der Waals surface area contributed by atoms with E-state index in [1.165, 1.54) is 84.0 Å². The number of esters is 1. The quantitative estimate of drug-likeness (QED) is 0.162. The van der Waals surface area contributed by atoms with Gasteiger partial charge in [0.2, 0.25) is 0 Å². The minimum absolute atomic E-state index is 0.229. The first-order chi connectivity index (χ1) is 16.6. The molecular formula is C31H46O3. The summed E-state index contributed by atoms with van der Waals surface area (Å²) < 4.78 is 11.2. The molecule has 0 saturated heterocycles.